The highest BCUT2D eigenvalue weighted by Gasteiger charge is 2.19. The minimum Gasteiger partial charge on any atom is -0.361 e. The van der Waals surface area contributed by atoms with Gasteiger partial charge in [-0.25, -0.2) is 5.06 Å². The summed E-state index contributed by atoms with van der Waals surface area (Å²) in [4.78, 5) is 20.6. The summed E-state index contributed by atoms with van der Waals surface area (Å²) in [5.74, 6) is -0.0483. The SMILES string of the molecule is O=C(c1ccc2[nH]ccc2c1)N1CCCCO1. The van der Waals surface area contributed by atoms with Crippen LogP contribution in [-0.2, 0) is 4.84 Å². The Bertz CT molecular complexity index is 541. The molecular weight excluding hydrogens is 216 g/mol. The van der Waals surface area contributed by atoms with Crippen LogP contribution in [0, 0.1) is 0 Å². The number of hydrogen-bond acceptors (Lipinski definition) is 2. The van der Waals surface area contributed by atoms with Gasteiger partial charge in [0.25, 0.3) is 5.91 Å². The van der Waals surface area contributed by atoms with Gasteiger partial charge in [-0.3, -0.25) is 9.63 Å². The quantitative estimate of drug-likeness (QED) is 0.817. The Balaban J connectivity index is 1.88. The molecule has 0 saturated carbocycles. The van der Waals surface area contributed by atoms with Crippen molar-refractivity contribution in [1.82, 2.24) is 10.0 Å². The van der Waals surface area contributed by atoms with Crippen LogP contribution in [0.15, 0.2) is 30.5 Å². The largest absolute Gasteiger partial charge is 0.361 e. The van der Waals surface area contributed by atoms with E-state index in [-0.39, 0.29) is 5.91 Å². The molecule has 88 valence electrons. The molecule has 1 amide bonds. The van der Waals surface area contributed by atoms with Crippen LogP contribution in [0.5, 0.6) is 0 Å². The first-order chi connectivity index (χ1) is 8.34. The Morgan fingerprint density at radius 1 is 1.29 bits per heavy atom. The molecule has 0 spiro atoms. The number of rotatable bonds is 1. The molecule has 0 radical (unpaired) electrons. The minimum atomic E-state index is -0.0483. The van der Waals surface area contributed by atoms with Crippen molar-refractivity contribution in [3.63, 3.8) is 0 Å². The molecule has 0 bridgehead atoms. The van der Waals surface area contributed by atoms with E-state index in [1.54, 1.807) is 0 Å². The van der Waals surface area contributed by atoms with Crippen molar-refractivity contribution in [2.24, 2.45) is 0 Å². The number of aromatic nitrogens is 1. The van der Waals surface area contributed by atoms with Crippen LogP contribution in [-0.4, -0.2) is 29.1 Å². The molecule has 1 aromatic carbocycles. The molecule has 1 aromatic heterocycles. The van der Waals surface area contributed by atoms with Gasteiger partial charge in [-0.05, 0) is 37.1 Å². The normalized spacial score (nSPS) is 16.4. The van der Waals surface area contributed by atoms with Crippen LogP contribution in [0.1, 0.15) is 23.2 Å². The molecule has 2 aromatic rings. The van der Waals surface area contributed by atoms with Gasteiger partial charge >= 0.3 is 0 Å². The average molecular weight is 230 g/mol. The van der Waals surface area contributed by atoms with Crippen LogP contribution >= 0.6 is 0 Å². The van der Waals surface area contributed by atoms with Gasteiger partial charge in [0.1, 0.15) is 0 Å². The smallest absolute Gasteiger partial charge is 0.277 e. The lowest BCUT2D eigenvalue weighted by atomic mass is 10.1. The third kappa shape index (κ3) is 1.91. The first-order valence-electron chi connectivity index (χ1n) is 5.86. The van der Waals surface area contributed by atoms with Crippen LogP contribution in [0.4, 0.5) is 0 Å². The molecule has 1 fully saturated rings. The second kappa shape index (κ2) is 4.22. The molecule has 1 N–H and O–H groups in total. The van der Waals surface area contributed by atoms with Crippen LogP contribution < -0.4 is 0 Å². The van der Waals surface area contributed by atoms with Crippen LogP contribution in [0.2, 0.25) is 0 Å². The van der Waals surface area contributed by atoms with E-state index < -0.39 is 0 Å². The second-order valence-electron chi connectivity index (χ2n) is 4.23. The molecule has 0 aliphatic carbocycles. The summed E-state index contributed by atoms with van der Waals surface area (Å²) in [6.07, 6.45) is 3.91. The van der Waals surface area contributed by atoms with Gasteiger partial charge in [-0.15, -0.1) is 0 Å². The molecule has 4 heteroatoms. The lowest BCUT2D eigenvalue weighted by Crippen LogP contribution is -2.35. The van der Waals surface area contributed by atoms with Crippen molar-refractivity contribution >= 4 is 16.8 Å². The molecule has 1 saturated heterocycles. The zero-order valence-corrected chi connectivity index (χ0v) is 9.48. The standard InChI is InChI=1S/C13H14N2O2/c16-13(15-7-1-2-8-17-15)11-3-4-12-10(9-11)5-6-14-12/h3-6,9,14H,1-2,7-8H2. The van der Waals surface area contributed by atoms with Crippen LogP contribution in [0.25, 0.3) is 10.9 Å². The Morgan fingerprint density at radius 3 is 3.06 bits per heavy atom. The maximum atomic E-state index is 12.2. The lowest BCUT2D eigenvalue weighted by molar-refractivity contribution is -0.144. The van der Waals surface area contributed by atoms with Crippen molar-refractivity contribution < 1.29 is 9.63 Å². The monoisotopic (exact) mass is 230 g/mol. The van der Waals surface area contributed by atoms with Gasteiger partial charge in [0.05, 0.1) is 6.61 Å². The van der Waals surface area contributed by atoms with E-state index >= 15 is 0 Å². The second-order valence-corrected chi connectivity index (χ2v) is 4.23. The average Bonchev–Trinajstić information content (AvgIpc) is 2.86. The Kier molecular flexibility index (Phi) is 2.57. The van der Waals surface area contributed by atoms with Gasteiger partial charge in [0.15, 0.2) is 0 Å². The van der Waals surface area contributed by atoms with E-state index in [0.29, 0.717) is 18.7 Å². The van der Waals surface area contributed by atoms with Crippen molar-refractivity contribution in [3.05, 3.63) is 36.0 Å². The molecule has 0 unspecified atom stereocenters. The van der Waals surface area contributed by atoms with Gasteiger partial charge in [-0.1, -0.05) is 0 Å². The highest BCUT2D eigenvalue weighted by atomic mass is 16.7. The lowest BCUT2D eigenvalue weighted by Gasteiger charge is -2.25. The third-order valence-corrected chi connectivity index (χ3v) is 3.03. The number of fused-ring (bicyclic) bond motifs is 1. The Hall–Kier alpha value is -1.81. The van der Waals surface area contributed by atoms with E-state index in [2.05, 4.69) is 4.98 Å². The number of carbonyl (C=O) groups is 1. The fourth-order valence-corrected chi connectivity index (χ4v) is 2.09. The summed E-state index contributed by atoms with van der Waals surface area (Å²) >= 11 is 0. The van der Waals surface area contributed by atoms with Crippen molar-refractivity contribution in [2.45, 2.75) is 12.8 Å². The molecular formula is C13H14N2O2. The third-order valence-electron chi connectivity index (χ3n) is 3.03. The summed E-state index contributed by atoms with van der Waals surface area (Å²) in [5, 5.41) is 2.52. The van der Waals surface area contributed by atoms with E-state index in [1.165, 1.54) is 5.06 Å². The summed E-state index contributed by atoms with van der Waals surface area (Å²) in [7, 11) is 0. The van der Waals surface area contributed by atoms with Crippen molar-refractivity contribution in [2.75, 3.05) is 13.2 Å². The van der Waals surface area contributed by atoms with Crippen molar-refractivity contribution in [3.8, 4) is 0 Å². The molecule has 4 nitrogen and oxygen atoms in total. The zero-order valence-electron chi connectivity index (χ0n) is 9.48. The molecule has 3 rings (SSSR count). The first kappa shape index (κ1) is 10.4. The number of hydroxylamine groups is 2. The predicted molar refractivity (Wildman–Crippen MR) is 64.5 cm³/mol. The fourth-order valence-electron chi connectivity index (χ4n) is 2.09. The number of H-pyrrole nitrogens is 1. The summed E-state index contributed by atoms with van der Waals surface area (Å²) in [6.45, 7) is 1.32. The highest BCUT2D eigenvalue weighted by Crippen LogP contribution is 2.17. The fraction of sp³-hybridized carbons (Fsp3) is 0.308. The van der Waals surface area contributed by atoms with Gasteiger partial charge < -0.3 is 4.98 Å². The topological polar surface area (TPSA) is 45.3 Å². The number of aromatic amines is 1. The van der Waals surface area contributed by atoms with E-state index in [9.17, 15) is 4.79 Å². The number of carbonyl (C=O) groups excluding carboxylic acids is 1. The highest BCUT2D eigenvalue weighted by molar-refractivity contribution is 5.97. The molecule has 1 aliphatic rings. The first-order valence-corrected chi connectivity index (χ1v) is 5.86. The van der Waals surface area contributed by atoms with Crippen LogP contribution in [0.3, 0.4) is 0 Å². The van der Waals surface area contributed by atoms with Gasteiger partial charge in [0, 0.05) is 29.2 Å². The number of benzene rings is 1. The Labute approximate surface area is 99.1 Å². The molecule has 17 heavy (non-hydrogen) atoms. The van der Waals surface area contributed by atoms with Gasteiger partial charge in [0.2, 0.25) is 0 Å². The van der Waals surface area contributed by atoms with Crippen molar-refractivity contribution in [1.29, 1.82) is 0 Å². The summed E-state index contributed by atoms with van der Waals surface area (Å²) < 4.78 is 0. The molecule has 2 heterocycles. The van der Waals surface area contributed by atoms with E-state index in [1.807, 2.05) is 30.5 Å². The minimum absolute atomic E-state index is 0.0483. The summed E-state index contributed by atoms with van der Waals surface area (Å²) in [6, 6.07) is 7.61. The number of nitrogens with zero attached hydrogens (tertiary/aromatic N) is 1. The zero-order chi connectivity index (χ0) is 11.7. The maximum Gasteiger partial charge on any atom is 0.277 e. The number of amides is 1. The number of hydrogen-bond donors (Lipinski definition) is 1. The Morgan fingerprint density at radius 2 is 2.24 bits per heavy atom. The molecule has 0 atom stereocenters. The van der Waals surface area contributed by atoms with E-state index in [0.717, 1.165) is 23.7 Å². The van der Waals surface area contributed by atoms with Gasteiger partial charge in [-0.2, -0.15) is 0 Å². The molecule has 1 aliphatic heterocycles. The summed E-state index contributed by atoms with van der Waals surface area (Å²) in [5.41, 5.74) is 1.72. The maximum absolute atomic E-state index is 12.2. The predicted octanol–water partition coefficient (Wildman–Crippen LogP) is 2.34. The number of nitrogens with one attached hydrogen (secondary N) is 1. The van der Waals surface area contributed by atoms with E-state index in [4.69, 9.17) is 4.84 Å².